The van der Waals surface area contributed by atoms with Crippen LogP contribution in [0.3, 0.4) is 0 Å². The highest BCUT2D eigenvalue weighted by Crippen LogP contribution is 2.13. The van der Waals surface area contributed by atoms with Crippen molar-refractivity contribution in [2.45, 2.75) is 12.6 Å². The number of carbonyl (C=O) groups excluding carboxylic acids is 1. The summed E-state index contributed by atoms with van der Waals surface area (Å²) in [5.74, 6) is -1.00. The highest BCUT2D eigenvalue weighted by Gasteiger charge is 2.38. The first-order valence-electron chi connectivity index (χ1n) is 3.73. The summed E-state index contributed by atoms with van der Waals surface area (Å²) in [5, 5.41) is 1.82. The number of amides is 1. The molecule has 0 aliphatic rings. The molecule has 0 aromatic carbocycles. The fourth-order valence-corrected chi connectivity index (χ4v) is 1.38. The number of nitrogens with one attached hydrogen (secondary N) is 1. The monoisotopic (exact) mass is 216 g/mol. The number of hydrogen-bond donors (Lipinski definition) is 1. The Morgan fingerprint density at radius 2 is 1.92 bits per heavy atom. The van der Waals surface area contributed by atoms with Gasteiger partial charge in [-0.3, -0.25) is 4.79 Å². The SMILES string of the molecule is C[S+](C)CCCNC(=O)C(F)(F)F. The lowest BCUT2D eigenvalue weighted by molar-refractivity contribution is -0.173. The second-order valence-corrected chi connectivity index (χ2v) is 5.18. The van der Waals surface area contributed by atoms with Crippen molar-refractivity contribution in [3.8, 4) is 0 Å². The van der Waals surface area contributed by atoms with Gasteiger partial charge >= 0.3 is 12.1 Å². The smallest absolute Gasteiger partial charge is 0.348 e. The largest absolute Gasteiger partial charge is 0.471 e. The van der Waals surface area contributed by atoms with E-state index in [0.717, 1.165) is 5.75 Å². The van der Waals surface area contributed by atoms with Gasteiger partial charge in [0, 0.05) is 13.0 Å². The van der Waals surface area contributed by atoms with Gasteiger partial charge in [0.05, 0.1) is 12.5 Å². The number of halogens is 3. The quantitative estimate of drug-likeness (QED) is 0.550. The zero-order chi connectivity index (χ0) is 10.5. The minimum Gasteiger partial charge on any atom is -0.348 e. The molecule has 1 N–H and O–H groups in total. The molecule has 0 aliphatic carbocycles. The maximum Gasteiger partial charge on any atom is 0.471 e. The zero-order valence-corrected chi connectivity index (χ0v) is 8.39. The highest BCUT2D eigenvalue weighted by atomic mass is 32.2. The molecule has 0 spiro atoms. The first-order valence-corrected chi connectivity index (χ1v) is 5.94. The normalized spacial score (nSPS) is 11.8. The van der Waals surface area contributed by atoms with Crippen LogP contribution in [0.5, 0.6) is 0 Å². The number of alkyl halides is 3. The van der Waals surface area contributed by atoms with E-state index in [0.29, 0.717) is 6.42 Å². The molecule has 0 bridgehead atoms. The van der Waals surface area contributed by atoms with Crippen LogP contribution in [0.25, 0.3) is 0 Å². The molecule has 13 heavy (non-hydrogen) atoms. The molecule has 0 atom stereocenters. The van der Waals surface area contributed by atoms with E-state index in [9.17, 15) is 18.0 Å². The van der Waals surface area contributed by atoms with Crippen molar-refractivity contribution in [2.24, 2.45) is 0 Å². The molecule has 1 amide bonds. The van der Waals surface area contributed by atoms with Crippen molar-refractivity contribution in [3.05, 3.63) is 0 Å². The van der Waals surface area contributed by atoms with Crippen LogP contribution in [-0.4, -0.2) is 36.9 Å². The van der Waals surface area contributed by atoms with Gasteiger partial charge in [0.25, 0.3) is 0 Å². The van der Waals surface area contributed by atoms with Gasteiger partial charge in [0.15, 0.2) is 0 Å². The van der Waals surface area contributed by atoms with Crippen molar-refractivity contribution in [2.75, 3.05) is 24.8 Å². The summed E-state index contributed by atoms with van der Waals surface area (Å²) < 4.78 is 34.9. The summed E-state index contributed by atoms with van der Waals surface area (Å²) in [7, 11) is 0.216. The summed E-state index contributed by atoms with van der Waals surface area (Å²) in [6, 6.07) is 0. The second kappa shape index (κ2) is 5.36. The maximum atomic E-state index is 11.6. The van der Waals surface area contributed by atoms with Crippen LogP contribution in [0.4, 0.5) is 13.2 Å². The molecule has 0 aliphatic heterocycles. The predicted octanol–water partition coefficient (Wildman–Crippen LogP) is 0.933. The third-order valence-electron chi connectivity index (χ3n) is 1.27. The molecule has 0 unspecified atom stereocenters. The third-order valence-corrected chi connectivity index (χ3v) is 2.38. The minimum atomic E-state index is -4.75. The summed E-state index contributed by atoms with van der Waals surface area (Å²) in [5.41, 5.74) is 0. The minimum absolute atomic E-state index is 0.101. The van der Waals surface area contributed by atoms with Crippen molar-refractivity contribution < 1.29 is 18.0 Å². The molecule has 0 aromatic heterocycles. The Balaban J connectivity index is 3.49. The Bertz CT molecular complexity index is 170. The van der Waals surface area contributed by atoms with Gasteiger partial charge in [-0.25, -0.2) is 0 Å². The van der Waals surface area contributed by atoms with Gasteiger partial charge in [-0.2, -0.15) is 13.2 Å². The topological polar surface area (TPSA) is 29.1 Å². The third kappa shape index (κ3) is 6.74. The van der Waals surface area contributed by atoms with E-state index in [1.54, 1.807) is 0 Å². The van der Waals surface area contributed by atoms with E-state index in [-0.39, 0.29) is 17.4 Å². The molecule has 78 valence electrons. The van der Waals surface area contributed by atoms with Crippen LogP contribution < -0.4 is 5.32 Å². The molecular weight excluding hydrogens is 203 g/mol. The van der Waals surface area contributed by atoms with Gasteiger partial charge in [-0.15, -0.1) is 0 Å². The van der Waals surface area contributed by atoms with E-state index in [1.165, 1.54) is 0 Å². The van der Waals surface area contributed by atoms with Crippen LogP contribution in [0.15, 0.2) is 0 Å². The van der Waals surface area contributed by atoms with E-state index < -0.39 is 12.1 Å². The Morgan fingerprint density at radius 3 is 2.31 bits per heavy atom. The van der Waals surface area contributed by atoms with Crippen LogP contribution in [0.1, 0.15) is 6.42 Å². The Kier molecular flexibility index (Phi) is 5.20. The Labute approximate surface area is 78.2 Å². The molecule has 0 saturated carbocycles. The Hall–Kier alpha value is -0.390. The molecule has 6 heteroatoms. The van der Waals surface area contributed by atoms with E-state index in [1.807, 2.05) is 17.8 Å². The highest BCUT2D eigenvalue weighted by molar-refractivity contribution is 7.95. The van der Waals surface area contributed by atoms with Crippen molar-refractivity contribution in [1.82, 2.24) is 5.32 Å². The molecule has 0 saturated heterocycles. The summed E-state index contributed by atoms with van der Waals surface area (Å²) >= 11 is 0. The molecule has 2 nitrogen and oxygen atoms in total. The van der Waals surface area contributed by atoms with Gasteiger partial charge in [0.2, 0.25) is 0 Å². The van der Waals surface area contributed by atoms with E-state index >= 15 is 0 Å². The summed E-state index contributed by atoms with van der Waals surface area (Å²) in [4.78, 5) is 10.3. The van der Waals surface area contributed by atoms with Crippen molar-refractivity contribution >= 4 is 16.8 Å². The van der Waals surface area contributed by atoms with Crippen molar-refractivity contribution in [3.63, 3.8) is 0 Å². The molecule has 0 aromatic rings. The van der Waals surface area contributed by atoms with Gasteiger partial charge in [-0.1, -0.05) is 0 Å². The Morgan fingerprint density at radius 1 is 1.38 bits per heavy atom. The molecule has 0 radical (unpaired) electrons. The van der Waals surface area contributed by atoms with Crippen LogP contribution in [-0.2, 0) is 15.7 Å². The summed E-state index contributed by atoms with van der Waals surface area (Å²) in [6.07, 6.45) is -0.144. The number of carbonyl (C=O) groups is 1. The second-order valence-electron chi connectivity index (χ2n) is 2.80. The summed E-state index contributed by atoms with van der Waals surface area (Å²) in [6.45, 7) is 0.101. The first-order chi connectivity index (χ1) is 5.84. The van der Waals surface area contributed by atoms with E-state index in [2.05, 4.69) is 0 Å². The van der Waals surface area contributed by atoms with Crippen LogP contribution >= 0.6 is 0 Å². The number of rotatable bonds is 4. The molecular formula is C7H13F3NOS+. The van der Waals surface area contributed by atoms with Gasteiger partial charge in [-0.05, 0) is 10.9 Å². The fourth-order valence-electron chi connectivity index (χ4n) is 0.663. The lowest BCUT2D eigenvalue weighted by atomic mass is 10.4. The molecule has 0 fully saturated rings. The van der Waals surface area contributed by atoms with Crippen LogP contribution in [0.2, 0.25) is 0 Å². The lowest BCUT2D eigenvalue weighted by Crippen LogP contribution is -2.37. The molecule has 0 heterocycles. The molecule has 0 rings (SSSR count). The fraction of sp³-hybridized carbons (Fsp3) is 0.857. The van der Waals surface area contributed by atoms with Crippen molar-refractivity contribution in [1.29, 1.82) is 0 Å². The van der Waals surface area contributed by atoms with Crippen LogP contribution in [0, 0.1) is 0 Å². The lowest BCUT2D eigenvalue weighted by Gasteiger charge is -2.06. The average molecular weight is 216 g/mol. The standard InChI is InChI=1S/C7H12F3NOS/c1-13(2)5-3-4-11-6(12)7(8,9)10/h3-5H2,1-2H3/p+1. The number of hydrogen-bond acceptors (Lipinski definition) is 1. The first kappa shape index (κ1) is 12.6. The predicted molar refractivity (Wildman–Crippen MR) is 47.8 cm³/mol. The van der Waals surface area contributed by atoms with E-state index in [4.69, 9.17) is 0 Å². The average Bonchev–Trinajstić information content (AvgIpc) is 1.95. The van der Waals surface area contributed by atoms with Gasteiger partial charge in [0.1, 0.15) is 5.75 Å². The van der Waals surface area contributed by atoms with Gasteiger partial charge < -0.3 is 5.32 Å². The maximum absolute atomic E-state index is 11.6. The zero-order valence-electron chi connectivity index (χ0n) is 7.57.